The van der Waals surface area contributed by atoms with E-state index in [1.165, 1.54) is 11.8 Å². The second-order valence-corrected chi connectivity index (χ2v) is 7.83. The highest BCUT2D eigenvalue weighted by Gasteiger charge is 2.46. The van der Waals surface area contributed by atoms with E-state index in [9.17, 15) is 4.39 Å². The van der Waals surface area contributed by atoms with Gasteiger partial charge in [0.25, 0.3) is 0 Å². The number of hydrogen-bond donors (Lipinski definition) is 1. The van der Waals surface area contributed by atoms with Crippen LogP contribution < -0.4 is 10.1 Å². The van der Waals surface area contributed by atoms with E-state index in [4.69, 9.17) is 4.74 Å². The molecule has 0 aliphatic carbocycles. The first-order valence-electron chi connectivity index (χ1n) is 7.17. The number of halogens is 1. The molecule has 1 aromatic rings. The van der Waals surface area contributed by atoms with E-state index >= 15 is 0 Å². The SMILES string of the molecule is CNC1CC2(CSCC(C)(C)C2)Oc2ccc(F)cc21. The van der Waals surface area contributed by atoms with Crippen LogP contribution in [0.15, 0.2) is 18.2 Å². The highest BCUT2D eigenvalue weighted by molar-refractivity contribution is 7.99. The molecule has 20 heavy (non-hydrogen) atoms. The van der Waals surface area contributed by atoms with E-state index < -0.39 is 0 Å². The van der Waals surface area contributed by atoms with Crippen molar-refractivity contribution < 1.29 is 9.13 Å². The summed E-state index contributed by atoms with van der Waals surface area (Å²) in [5, 5.41) is 3.33. The molecule has 1 N–H and O–H groups in total. The van der Waals surface area contributed by atoms with Crippen LogP contribution in [0.25, 0.3) is 0 Å². The molecule has 0 radical (unpaired) electrons. The Kier molecular flexibility index (Phi) is 3.49. The second kappa shape index (κ2) is 4.92. The fourth-order valence-electron chi connectivity index (χ4n) is 3.58. The summed E-state index contributed by atoms with van der Waals surface area (Å²) in [4.78, 5) is 0. The predicted molar refractivity (Wildman–Crippen MR) is 81.9 cm³/mol. The van der Waals surface area contributed by atoms with Crippen LogP contribution in [0.5, 0.6) is 5.75 Å². The molecule has 0 aromatic heterocycles. The monoisotopic (exact) mass is 295 g/mol. The summed E-state index contributed by atoms with van der Waals surface area (Å²) < 4.78 is 19.8. The molecular weight excluding hydrogens is 273 g/mol. The van der Waals surface area contributed by atoms with Gasteiger partial charge in [-0.05, 0) is 42.8 Å². The third-order valence-corrected chi connectivity index (χ3v) is 5.97. The Morgan fingerprint density at radius 2 is 2.15 bits per heavy atom. The zero-order valence-corrected chi connectivity index (χ0v) is 13.1. The highest BCUT2D eigenvalue weighted by Crippen LogP contribution is 2.49. The minimum Gasteiger partial charge on any atom is -0.486 e. The third kappa shape index (κ3) is 2.56. The van der Waals surface area contributed by atoms with Gasteiger partial charge >= 0.3 is 0 Å². The Balaban J connectivity index is 1.96. The average Bonchev–Trinajstić information content (AvgIpc) is 2.37. The zero-order chi connectivity index (χ0) is 14.4. The van der Waals surface area contributed by atoms with E-state index in [2.05, 4.69) is 19.2 Å². The fraction of sp³-hybridized carbons (Fsp3) is 0.625. The van der Waals surface area contributed by atoms with Gasteiger partial charge in [0, 0.05) is 23.8 Å². The molecule has 0 saturated carbocycles. The van der Waals surface area contributed by atoms with E-state index in [1.807, 2.05) is 18.8 Å². The molecule has 1 aromatic carbocycles. The lowest BCUT2D eigenvalue weighted by Gasteiger charge is -2.48. The first-order valence-corrected chi connectivity index (χ1v) is 8.32. The van der Waals surface area contributed by atoms with E-state index in [1.54, 1.807) is 12.1 Å². The lowest BCUT2D eigenvalue weighted by atomic mass is 9.76. The number of hydrogen-bond acceptors (Lipinski definition) is 3. The molecule has 1 saturated heterocycles. The molecule has 4 heteroatoms. The van der Waals surface area contributed by atoms with Crippen molar-refractivity contribution in [3.63, 3.8) is 0 Å². The van der Waals surface area contributed by atoms with Crippen LogP contribution in [0.3, 0.4) is 0 Å². The summed E-state index contributed by atoms with van der Waals surface area (Å²) in [6, 6.07) is 5.04. The van der Waals surface area contributed by atoms with E-state index in [0.29, 0.717) is 5.41 Å². The normalized spacial score (nSPS) is 31.7. The van der Waals surface area contributed by atoms with Gasteiger partial charge in [0.1, 0.15) is 17.2 Å². The van der Waals surface area contributed by atoms with Crippen molar-refractivity contribution in [1.82, 2.24) is 5.32 Å². The van der Waals surface area contributed by atoms with E-state index in [0.717, 1.165) is 29.9 Å². The van der Waals surface area contributed by atoms with Crippen molar-refractivity contribution in [3.8, 4) is 5.75 Å². The van der Waals surface area contributed by atoms with Gasteiger partial charge in [-0.25, -0.2) is 4.39 Å². The minimum atomic E-state index is -0.193. The van der Waals surface area contributed by atoms with Crippen LogP contribution in [0, 0.1) is 11.2 Å². The molecule has 2 atom stereocenters. The summed E-state index contributed by atoms with van der Waals surface area (Å²) in [6.07, 6.45) is 1.97. The number of ether oxygens (including phenoxy) is 1. The average molecular weight is 295 g/mol. The molecule has 2 aliphatic rings. The lowest BCUT2D eigenvalue weighted by Crippen LogP contribution is -2.51. The van der Waals surface area contributed by atoms with Crippen LogP contribution in [0.4, 0.5) is 4.39 Å². The van der Waals surface area contributed by atoms with Crippen molar-refractivity contribution >= 4 is 11.8 Å². The van der Waals surface area contributed by atoms with Crippen LogP contribution in [0.1, 0.15) is 38.3 Å². The van der Waals surface area contributed by atoms with Gasteiger partial charge < -0.3 is 10.1 Å². The number of fused-ring (bicyclic) bond motifs is 1. The van der Waals surface area contributed by atoms with Crippen LogP contribution in [-0.2, 0) is 0 Å². The smallest absolute Gasteiger partial charge is 0.125 e. The maximum absolute atomic E-state index is 13.5. The maximum atomic E-state index is 13.5. The van der Waals surface area contributed by atoms with Gasteiger partial charge in [-0.1, -0.05) is 13.8 Å². The first-order chi connectivity index (χ1) is 9.43. The molecule has 2 unspecified atom stereocenters. The Morgan fingerprint density at radius 3 is 2.85 bits per heavy atom. The Morgan fingerprint density at radius 1 is 1.35 bits per heavy atom. The molecule has 1 fully saturated rings. The van der Waals surface area contributed by atoms with Crippen molar-refractivity contribution in [1.29, 1.82) is 0 Å². The lowest BCUT2D eigenvalue weighted by molar-refractivity contribution is 0.0127. The minimum absolute atomic E-state index is 0.120. The van der Waals surface area contributed by atoms with Gasteiger partial charge in [-0.2, -0.15) is 11.8 Å². The topological polar surface area (TPSA) is 21.3 Å². The van der Waals surface area contributed by atoms with Crippen LogP contribution in [0.2, 0.25) is 0 Å². The van der Waals surface area contributed by atoms with Gasteiger partial charge in [-0.3, -0.25) is 0 Å². The quantitative estimate of drug-likeness (QED) is 0.852. The number of nitrogens with one attached hydrogen (secondary N) is 1. The van der Waals surface area contributed by atoms with E-state index in [-0.39, 0.29) is 17.5 Å². The molecule has 0 amide bonds. The first kappa shape index (κ1) is 14.2. The Bertz CT molecular complexity index is 519. The van der Waals surface area contributed by atoms with Crippen LogP contribution in [-0.4, -0.2) is 24.2 Å². The fourth-order valence-corrected chi connectivity index (χ4v) is 4.99. The predicted octanol–water partition coefficient (Wildman–Crippen LogP) is 3.77. The summed E-state index contributed by atoms with van der Waals surface area (Å²) in [7, 11) is 1.94. The second-order valence-electron chi connectivity index (χ2n) is 6.85. The molecule has 3 rings (SSSR count). The Hall–Kier alpha value is -0.740. The van der Waals surface area contributed by atoms with Crippen LogP contribution >= 0.6 is 11.8 Å². The van der Waals surface area contributed by atoms with Gasteiger partial charge in [0.2, 0.25) is 0 Å². The number of thioether (sulfide) groups is 1. The van der Waals surface area contributed by atoms with Crippen molar-refractivity contribution in [2.24, 2.45) is 5.41 Å². The summed E-state index contributed by atoms with van der Waals surface area (Å²) >= 11 is 1.97. The molecule has 2 nitrogen and oxygen atoms in total. The number of rotatable bonds is 1. The Labute approximate surface area is 124 Å². The molecule has 1 spiro atoms. The van der Waals surface area contributed by atoms with Crippen molar-refractivity contribution in [2.45, 2.75) is 38.3 Å². The molecule has 110 valence electrons. The van der Waals surface area contributed by atoms with Gasteiger partial charge in [-0.15, -0.1) is 0 Å². The zero-order valence-electron chi connectivity index (χ0n) is 12.3. The third-order valence-electron chi connectivity index (χ3n) is 4.26. The van der Waals surface area contributed by atoms with Crippen molar-refractivity contribution in [2.75, 3.05) is 18.6 Å². The largest absolute Gasteiger partial charge is 0.486 e. The standard InChI is InChI=1S/C16H22FNOS/c1-15(2)8-16(10-20-9-15)7-13(18-3)12-6-11(17)4-5-14(12)19-16/h4-6,13,18H,7-10H2,1-3H3. The molecule has 2 heterocycles. The summed E-state index contributed by atoms with van der Waals surface area (Å²) in [5.41, 5.74) is 1.12. The molecule has 2 aliphatic heterocycles. The van der Waals surface area contributed by atoms with Crippen molar-refractivity contribution in [3.05, 3.63) is 29.6 Å². The van der Waals surface area contributed by atoms with Gasteiger partial charge in [0.05, 0.1) is 0 Å². The number of benzene rings is 1. The van der Waals surface area contributed by atoms with Gasteiger partial charge in [0.15, 0.2) is 0 Å². The summed E-state index contributed by atoms with van der Waals surface area (Å²) in [5.74, 6) is 2.85. The maximum Gasteiger partial charge on any atom is 0.125 e. The molecular formula is C16H22FNOS. The molecule has 0 bridgehead atoms. The summed E-state index contributed by atoms with van der Waals surface area (Å²) in [6.45, 7) is 4.61. The highest BCUT2D eigenvalue weighted by atomic mass is 32.2.